The van der Waals surface area contributed by atoms with Crippen LogP contribution in [0.15, 0.2) is 30.3 Å². The highest BCUT2D eigenvalue weighted by atomic mass is 16.2. The maximum Gasteiger partial charge on any atom is 0.133 e. The van der Waals surface area contributed by atoms with Gasteiger partial charge in [0.2, 0.25) is 0 Å². The zero-order chi connectivity index (χ0) is 11.8. The Hall–Kier alpha value is -1.15. The second-order valence-electron chi connectivity index (χ2n) is 3.60. The van der Waals surface area contributed by atoms with Crippen molar-refractivity contribution in [3.05, 3.63) is 35.9 Å². The number of hydrogen-bond donors (Lipinski definition) is 1. The number of rotatable bonds is 3. The first-order chi connectivity index (χ1) is 7.13. The average molecular weight is 208 g/mol. The highest BCUT2D eigenvalue weighted by Gasteiger charge is 2.17. The van der Waals surface area contributed by atoms with Crippen molar-refractivity contribution in [3.8, 4) is 0 Å². The van der Waals surface area contributed by atoms with Gasteiger partial charge in [0.15, 0.2) is 0 Å². The van der Waals surface area contributed by atoms with Gasteiger partial charge in [-0.3, -0.25) is 4.79 Å². The van der Waals surface area contributed by atoms with Gasteiger partial charge in [-0.1, -0.05) is 44.2 Å². The molecule has 1 aromatic rings. The van der Waals surface area contributed by atoms with E-state index in [-0.39, 0.29) is 11.7 Å². The van der Waals surface area contributed by atoms with Crippen LogP contribution in [0.1, 0.15) is 32.3 Å². The van der Waals surface area contributed by atoms with E-state index in [1.165, 1.54) is 5.56 Å². The first-order valence-electron chi connectivity index (χ1n) is 5.13. The molecule has 0 aromatic heterocycles. The number of Topliss-reactive ketones (excluding diaryl/α,β-unsaturated/α-hetero) is 1. The third-order valence-electron chi connectivity index (χ3n) is 2.72. The molecule has 2 unspecified atom stereocenters. The summed E-state index contributed by atoms with van der Waals surface area (Å²) in [7, 11) is 1.00. The zero-order valence-electron chi connectivity index (χ0n) is 9.90. The maximum atomic E-state index is 11.2. The van der Waals surface area contributed by atoms with E-state index >= 15 is 0 Å². The summed E-state index contributed by atoms with van der Waals surface area (Å²) in [6.45, 7) is 5.74. The fourth-order valence-corrected chi connectivity index (χ4v) is 1.40. The maximum absolute atomic E-state index is 11.2. The van der Waals surface area contributed by atoms with Crippen molar-refractivity contribution in [1.82, 2.24) is 0 Å². The summed E-state index contributed by atoms with van der Waals surface area (Å²) < 4.78 is 0. The molecule has 0 radical (unpaired) electrons. The summed E-state index contributed by atoms with van der Waals surface area (Å²) in [4.78, 5) is 11.2. The van der Waals surface area contributed by atoms with Gasteiger partial charge in [-0.2, -0.15) is 0 Å². The van der Waals surface area contributed by atoms with Gasteiger partial charge in [-0.05, 0) is 18.4 Å². The van der Waals surface area contributed by atoms with Crippen LogP contribution in [0, 0.1) is 5.92 Å². The second kappa shape index (κ2) is 7.18. The molecule has 0 amide bonds. The standard InChI is InChI=1S/C12H16O.CH4O/c1-9(11(3)13)10(2)12-7-5-4-6-8-12;1-2/h4-10H,1-3H3;2H,1H3. The van der Waals surface area contributed by atoms with Crippen molar-refractivity contribution >= 4 is 5.78 Å². The van der Waals surface area contributed by atoms with Gasteiger partial charge in [-0.25, -0.2) is 0 Å². The third kappa shape index (κ3) is 4.26. The summed E-state index contributed by atoms with van der Waals surface area (Å²) in [6.07, 6.45) is 0. The predicted octanol–water partition coefficient (Wildman–Crippen LogP) is 2.62. The summed E-state index contributed by atoms with van der Waals surface area (Å²) in [5.74, 6) is 0.692. The molecule has 0 aliphatic carbocycles. The summed E-state index contributed by atoms with van der Waals surface area (Å²) in [5.41, 5.74) is 1.24. The molecule has 0 heterocycles. The summed E-state index contributed by atoms with van der Waals surface area (Å²) in [5, 5.41) is 7.00. The lowest BCUT2D eigenvalue weighted by Crippen LogP contribution is -2.14. The van der Waals surface area contributed by atoms with Gasteiger partial charge in [0.05, 0.1) is 0 Å². The quantitative estimate of drug-likeness (QED) is 0.829. The Kier molecular flexibility index (Phi) is 6.63. The molecule has 84 valence electrons. The Balaban J connectivity index is 0.000000921. The van der Waals surface area contributed by atoms with Crippen LogP contribution in [-0.4, -0.2) is 18.0 Å². The van der Waals surface area contributed by atoms with Gasteiger partial charge in [-0.15, -0.1) is 0 Å². The molecule has 15 heavy (non-hydrogen) atoms. The van der Waals surface area contributed by atoms with E-state index in [2.05, 4.69) is 19.1 Å². The molecule has 0 saturated heterocycles. The summed E-state index contributed by atoms with van der Waals surface area (Å²) in [6, 6.07) is 10.2. The fraction of sp³-hybridized carbons (Fsp3) is 0.462. The van der Waals surface area contributed by atoms with Crippen LogP contribution in [0.3, 0.4) is 0 Å². The van der Waals surface area contributed by atoms with Crippen LogP contribution in [0.5, 0.6) is 0 Å². The molecule has 2 nitrogen and oxygen atoms in total. The largest absolute Gasteiger partial charge is 0.400 e. The number of carbonyl (C=O) groups excluding carboxylic acids is 1. The van der Waals surface area contributed by atoms with Crippen LogP contribution in [0.25, 0.3) is 0 Å². The molecular weight excluding hydrogens is 188 g/mol. The Bertz CT molecular complexity index is 280. The molecular formula is C13H20O2. The van der Waals surface area contributed by atoms with E-state index in [9.17, 15) is 4.79 Å². The monoisotopic (exact) mass is 208 g/mol. The molecule has 0 aliphatic heterocycles. The number of aliphatic hydroxyl groups excluding tert-OH is 1. The Labute approximate surface area is 91.9 Å². The lowest BCUT2D eigenvalue weighted by atomic mass is 9.87. The Morgan fingerprint density at radius 2 is 1.60 bits per heavy atom. The van der Waals surface area contributed by atoms with E-state index in [4.69, 9.17) is 5.11 Å². The van der Waals surface area contributed by atoms with Crippen LogP contribution in [0.4, 0.5) is 0 Å². The van der Waals surface area contributed by atoms with Crippen molar-refractivity contribution in [1.29, 1.82) is 0 Å². The zero-order valence-corrected chi connectivity index (χ0v) is 9.90. The Morgan fingerprint density at radius 3 is 2.00 bits per heavy atom. The van der Waals surface area contributed by atoms with Gasteiger partial charge in [0, 0.05) is 13.0 Å². The number of aliphatic hydroxyl groups is 1. The van der Waals surface area contributed by atoms with Crippen LogP contribution < -0.4 is 0 Å². The van der Waals surface area contributed by atoms with Crippen molar-refractivity contribution < 1.29 is 9.90 Å². The molecule has 2 atom stereocenters. The lowest BCUT2D eigenvalue weighted by molar-refractivity contribution is -0.120. The molecule has 1 rings (SSSR count). The molecule has 1 aromatic carbocycles. The average Bonchev–Trinajstić information content (AvgIpc) is 2.31. The lowest BCUT2D eigenvalue weighted by Gasteiger charge is -2.17. The van der Waals surface area contributed by atoms with Gasteiger partial charge in [0.25, 0.3) is 0 Å². The second-order valence-corrected chi connectivity index (χ2v) is 3.60. The first-order valence-corrected chi connectivity index (χ1v) is 5.13. The normalized spacial score (nSPS) is 13.4. The van der Waals surface area contributed by atoms with E-state index in [0.29, 0.717) is 5.92 Å². The third-order valence-corrected chi connectivity index (χ3v) is 2.72. The molecule has 0 saturated carbocycles. The van der Waals surface area contributed by atoms with Crippen molar-refractivity contribution in [3.63, 3.8) is 0 Å². The number of benzene rings is 1. The first kappa shape index (κ1) is 13.8. The highest BCUT2D eigenvalue weighted by Crippen LogP contribution is 2.23. The number of carbonyl (C=O) groups is 1. The smallest absolute Gasteiger partial charge is 0.133 e. The minimum atomic E-state index is 0.113. The number of hydrogen-bond acceptors (Lipinski definition) is 2. The minimum Gasteiger partial charge on any atom is -0.400 e. The van der Waals surface area contributed by atoms with Crippen molar-refractivity contribution in [2.45, 2.75) is 26.7 Å². The number of ketones is 1. The van der Waals surface area contributed by atoms with E-state index < -0.39 is 0 Å². The molecule has 0 spiro atoms. The van der Waals surface area contributed by atoms with Crippen molar-refractivity contribution in [2.24, 2.45) is 5.92 Å². The molecule has 0 fully saturated rings. The topological polar surface area (TPSA) is 37.3 Å². The molecule has 2 heteroatoms. The van der Waals surface area contributed by atoms with Gasteiger partial charge in [0.1, 0.15) is 5.78 Å². The fourth-order valence-electron chi connectivity index (χ4n) is 1.40. The molecule has 0 aliphatic rings. The van der Waals surface area contributed by atoms with E-state index in [1.807, 2.05) is 25.1 Å². The van der Waals surface area contributed by atoms with Crippen LogP contribution >= 0.6 is 0 Å². The van der Waals surface area contributed by atoms with E-state index in [0.717, 1.165) is 7.11 Å². The van der Waals surface area contributed by atoms with Crippen LogP contribution in [-0.2, 0) is 4.79 Å². The minimum absolute atomic E-state index is 0.113. The van der Waals surface area contributed by atoms with E-state index in [1.54, 1.807) is 6.92 Å². The Morgan fingerprint density at radius 1 is 1.13 bits per heavy atom. The highest BCUT2D eigenvalue weighted by molar-refractivity contribution is 5.78. The van der Waals surface area contributed by atoms with Crippen molar-refractivity contribution in [2.75, 3.05) is 7.11 Å². The summed E-state index contributed by atoms with van der Waals surface area (Å²) >= 11 is 0. The van der Waals surface area contributed by atoms with Crippen LogP contribution in [0.2, 0.25) is 0 Å². The predicted molar refractivity (Wildman–Crippen MR) is 62.8 cm³/mol. The molecule has 1 N–H and O–H groups in total. The molecule has 0 bridgehead atoms. The SMILES string of the molecule is CC(=O)C(C)C(C)c1ccccc1.CO. The van der Waals surface area contributed by atoms with Gasteiger partial charge < -0.3 is 5.11 Å². The van der Waals surface area contributed by atoms with Gasteiger partial charge >= 0.3 is 0 Å².